The minimum atomic E-state index is -4.81. The van der Waals surface area contributed by atoms with Gasteiger partial charge in [-0.25, -0.2) is 0 Å². The third kappa shape index (κ3) is 1.20. The molecule has 0 spiro atoms. The molecule has 0 radical (unpaired) electrons. The first-order valence-corrected chi connectivity index (χ1v) is 3.98. The smallest absolute Gasteiger partial charge is 0.380 e. The Hall–Kier alpha value is -0.780. The molecule has 0 unspecified atom stereocenters. The second-order valence-electron chi connectivity index (χ2n) is 2.55. The lowest BCUT2D eigenvalue weighted by atomic mass is 10.2. The molecule has 0 aromatic heterocycles. The molecule has 80 valence electrons. The van der Waals surface area contributed by atoms with Crippen molar-refractivity contribution in [1.82, 2.24) is 0 Å². The fourth-order valence-electron chi connectivity index (χ4n) is 0.962. The van der Waals surface area contributed by atoms with Crippen LogP contribution >= 0.6 is 11.6 Å². The van der Waals surface area contributed by atoms with Gasteiger partial charge in [0.25, 0.3) is 5.78 Å². The molecule has 0 N–H and O–H groups in total. The zero-order chi connectivity index (χ0) is 11.1. The minimum Gasteiger partial charge on any atom is -0.490 e. The Balaban J connectivity index is 3.21. The molecule has 0 aromatic rings. The van der Waals surface area contributed by atoms with Crippen LogP contribution < -0.4 is 0 Å². The van der Waals surface area contributed by atoms with Gasteiger partial charge in [0.05, 0.1) is 6.61 Å². The maximum Gasteiger partial charge on any atom is 0.380 e. The van der Waals surface area contributed by atoms with E-state index in [2.05, 4.69) is 4.74 Å². The number of hydrogen-bond donors (Lipinski definition) is 0. The summed E-state index contributed by atoms with van der Waals surface area (Å²) in [6, 6.07) is 0. The van der Waals surface area contributed by atoms with Crippen LogP contribution in [0.15, 0.2) is 10.8 Å². The van der Waals surface area contributed by atoms with E-state index >= 15 is 0 Å². The average molecular weight is 233 g/mol. The van der Waals surface area contributed by atoms with Gasteiger partial charge in [-0.05, 0) is 6.92 Å². The molecule has 0 aromatic carbocycles. The van der Waals surface area contributed by atoms with Gasteiger partial charge >= 0.3 is 11.8 Å². The zero-order valence-corrected chi connectivity index (χ0v) is 7.67. The third-order valence-electron chi connectivity index (χ3n) is 1.65. The highest BCUT2D eigenvalue weighted by Crippen LogP contribution is 2.50. The molecule has 2 nitrogen and oxygen atoms in total. The molecule has 0 saturated carbocycles. The number of Topliss-reactive ketones (excluding diaryl/α,β-unsaturated/α-hetero) is 1. The summed E-state index contributed by atoms with van der Waals surface area (Å²) in [5.74, 6) is -13.0. The number of ketones is 1. The summed E-state index contributed by atoms with van der Waals surface area (Å²) >= 11 is 5.02. The van der Waals surface area contributed by atoms with Crippen molar-refractivity contribution in [2.75, 3.05) is 6.61 Å². The van der Waals surface area contributed by atoms with Crippen molar-refractivity contribution in [2.45, 2.75) is 18.8 Å². The van der Waals surface area contributed by atoms with Crippen LogP contribution in [0.25, 0.3) is 0 Å². The lowest BCUT2D eigenvalue weighted by molar-refractivity contribution is -0.192. The van der Waals surface area contributed by atoms with E-state index in [9.17, 15) is 22.4 Å². The summed E-state index contributed by atoms with van der Waals surface area (Å²) in [7, 11) is 0. The van der Waals surface area contributed by atoms with Gasteiger partial charge in [0, 0.05) is 0 Å². The molecule has 0 heterocycles. The van der Waals surface area contributed by atoms with Crippen molar-refractivity contribution in [3.8, 4) is 0 Å². The van der Waals surface area contributed by atoms with Gasteiger partial charge in [0.1, 0.15) is 5.03 Å². The summed E-state index contributed by atoms with van der Waals surface area (Å²) in [6.07, 6.45) is 0. The number of alkyl halides is 4. The molecule has 0 bridgehead atoms. The second-order valence-corrected chi connectivity index (χ2v) is 2.93. The van der Waals surface area contributed by atoms with Crippen molar-refractivity contribution in [2.24, 2.45) is 0 Å². The Bertz CT molecular complexity index is 311. The number of allylic oxidation sites excluding steroid dienone is 2. The summed E-state index contributed by atoms with van der Waals surface area (Å²) in [5, 5.41) is -1.23. The molecule has 1 rings (SSSR count). The summed E-state index contributed by atoms with van der Waals surface area (Å²) in [4.78, 5) is 10.6. The maximum absolute atomic E-state index is 12.8. The number of halogens is 5. The van der Waals surface area contributed by atoms with Crippen LogP contribution in [-0.2, 0) is 9.53 Å². The van der Waals surface area contributed by atoms with Crippen LogP contribution in [0.5, 0.6) is 0 Å². The van der Waals surface area contributed by atoms with E-state index in [1.165, 1.54) is 6.92 Å². The van der Waals surface area contributed by atoms with Crippen LogP contribution in [0, 0.1) is 0 Å². The molecule has 1 aliphatic carbocycles. The first-order chi connectivity index (χ1) is 6.26. The molecule has 7 heteroatoms. The monoisotopic (exact) mass is 232 g/mol. The maximum atomic E-state index is 12.8. The number of rotatable bonds is 2. The van der Waals surface area contributed by atoms with E-state index in [1.807, 2.05) is 0 Å². The predicted octanol–water partition coefficient (Wildman–Crippen LogP) is 2.33. The molecule has 1 aliphatic rings. The van der Waals surface area contributed by atoms with Crippen molar-refractivity contribution < 1.29 is 27.1 Å². The van der Waals surface area contributed by atoms with Gasteiger partial charge in [-0.2, -0.15) is 17.6 Å². The molecule has 0 amide bonds. The van der Waals surface area contributed by atoms with Gasteiger partial charge in [0.2, 0.25) is 0 Å². The normalized spacial score (nSPS) is 24.3. The number of ether oxygens (including phenoxy) is 1. The van der Waals surface area contributed by atoms with Gasteiger partial charge < -0.3 is 4.74 Å². The Morgan fingerprint density at radius 1 is 1.29 bits per heavy atom. The molecule has 14 heavy (non-hydrogen) atoms. The fraction of sp³-hybridized carbons (Fsp3) is 0.571. The molecular formula is C7H5ClF4O2. The molecule has 0 aliphatic heterocycles. The summed E-state index contributed by atoms with van der Waals surface area (Å²) < 4.78 is 55.2. The summed E-state index contributed by atoms with van der Waals surface area (Å²) in [5.41, 5.74) is 0. The Morgan fingerprint density at radius 2 is 1.79 bits per heavy atom. The van der Waals surface area contributed by atoms with Crippen molar-refractivity contribution >= 4 is 17.4 Å². The highest BCUT2D eigenvalue weighted by Gasteiger charge is 2.71. The van der Waals surface area contributed by atoms with Gasteiger partial charge in [-0.3, -0.25) is 4.79 Å². The highest BCUT2D eigenvalue weighted by molar-refractivity contribution is 6.45. The lowest BCUT2D eigenvalue weighted by Gasteiger charge is -2.19. The van der Waals surface area contributed by atoms with Crippen LogP contribution in [-0.4, -0.2) is 24.2 Å². The molecule has 0 fully saturated rings. The van der Waals surface area contributed by atoms with Crippen LogP contribution in [0.1, 0.15) is 6.92 Å². The number of hydrogen-bond acceptors (Lipinski definition) is 2. The fourth-order valence-corrected chi connectivity index (χ4v) is 1.25. The van der Waals surface area contributed by atoms with Crippen molar-refractivity contribution in [3.05, 3.63) is 10.8 Å². The van der Waals surface area contributed by atoms with E-state index in [0.29, 0.717) is 0 Å². The first-order valence-electron chi connectivity index (χ1n) is 3.60. The highest BCUT2D eigenvalue weighted by atomic mass is 35.5. The summed E-state index contributed by atoms with van der Waals surface area (Å²) in [6.45, 7) is 1.04. The zero-order valence-electron chi connectivity index (χ0n) is 6.91. The van der Waals surface area contributed by atoms with E-state index < -0.39 is 28.4 Å². The van der Waals surface area contributed by atoms with Gasteiger partial charge in [-0.1, -0.05) is 11.6 Å². The SMILES string of the molecule is CCOC1=C(Cl)C(=O)C(F)(F)C1(F)F. The molecular weight excluding hydrogens is 228 g/mol. The van der Waals surface area contributed by atoms with Gasteiger partial charge in [0.15, 0.2) is 5.76 Å². The van der Waals surface area contributed by atoms with E-state index in [-0.39, 0.29) is 6.61 Å². The van der Waals surface area contributed by atoms with Crippen LogP contribution in [0.2, 0.25) is 0 Å². The first kappa shape index (κ1) is 11.3. The van der Waals surface area contributed by atoms with Crippen molar-refractivity contribution in [1.29, 1.82) is 0 Å². The third-order valence-corrected chi connectivity index (χ3v) is 2.00. The minimum absolute atomic E-state index is 0.273. The average Bonchev–Trinajstić information content (AvgIpc) is 2.19. The molecule has 0 atom stereocenters. The quantitative estimate of drug-likeness (QED) is 0.683. The lowest BCUT2D eigenvalue weighted by Crippen LogP contribution is -2.42. The standard InChI is InChI=1S/C7H5ClF4O2/c1-2-14-5-3(8)4(13)6(9,10)7(5,11)12/h2H2,1H3. The number of carbonyl (C=O) groups excluding carboxylic acids is 1. The largest absolute Gasteiger partial charge is 0.490 e. The molecule has 0 saturated heterocycles. The van der Waals surface area contributed by atoms with Crippen LogP contribution in [0.3, 0.4) is 0 Å². The Morgan fingerprint density at radius 3 is 2.07 bits per heavy atom. The Labute approximate surface area is 81.5 Å². The second kappa shape index (κ2) is 3.12. The van der Waals surface area contributed by atoms with E-state index in [1.54, 1.807) is 0 Å². The van der Waals surface area contributed by atoms with E-state index in [4.69, 9.17) is 11.6 Å². The van der Waals surface area contributed by atoms with E-state index in [0.717, 1.165) is 0 Å². The number of carbonyl (C=O) groups is 1. The predicted molar refractivity (Wildman–Crippen MR) is 39.4 cm³/mol. The van der Waals surface area contributed by atoms with Crippen LogP contribution in [0.4, 0.5) is 17.6 Å². The van der Waals surface area contributed by atoms with Gasteiger partial charge in [-0.15, -0.1) is 0 Å². The topological polar surface area (TPSA) is 26.3 Å². The Kier molecular flexibility index (Phi) is 2.51. The van der Waals surface area contributed by atoms with Crippen molar-refractivity contribution in [3.63, 3.8) is 0 Å².